The maximum absolute atomic E-state index is 4.93. The van der Waals surface area contributed by atoms with Crippen molar-refractivity contribution in [2.24, 2.45) is 0 Å². The lowest BCUT2D eigenvalue weighted by molar-refractivity contribution is 0.307. The number of hydrogen-bond acceptors (Lipinski definition) is 1. The van der Waals surface area contributed by atoms with Crippen molar-refractivity contribution in [3.05, 3.63) is 36.6 Å². The van der Waals surface area contributed by atoms with E-state index in [0.717, 1.165) is 5.57 Å². The van der Waals surface area contributed by atoms with Gasteiger partial charge in [-0.1, -0.05) is 19.1 Å². The van der Waals surface area contributed by atoms with Crippen LogP contribution in [-0.2, 0) is 4.74 Å². The van der Waals surface area contributed by atoms with E-state index in [1.54, 1.807) is 26.2 Å². The van der Waals surface area contributed by atoms with Crippen molar-refractivity contribution in [3.63, 3.8) is 0 Å². The summed E-state index contributed by atoms with van der Waals surface area (Å²) in [4.78, 5) is 0. The Morgan fingerprint density at radius 2 is 2.18 bits per heavy atom. The van der Waals surface area contributed by atoms with E-state index in [9.17, 15) is 0 Å². The number of methoxy groups -OCH3 is 1. The molecule has 0 N–H and O–H groups in total. The predicted molar refractivity (Wildman–Crippen MR) is 47.9 cm³/mol. The Labute approximate surface area is 68.1 Å². The van der Waals surface area contributed by atoms with Gasteiger partial charge in [0.05, 0.1) is 7.11 Å². The standard InChI is InChI=1S/C10H12O/c1-5-7-9(3)8-10(6-2)11-4/h6,8H,2-3H2,1,4H3/b10-8+. The monoisotopic (exact) mass is 148 g/mol. The van der Waals surface area contributed by atoms with Crippen LogP contribution >= 0.6 is 0 Å². The van der Waals surface area contributed by atoms with Crippen molar-refractivity contribution in [2.75, 3.05) is 7.11 Å². The highest BCUT2D eigenvalue weighted by molar-refractivity contribution is 5.37. The zero-order valence-corrected chi connectivity index (χ0v) is 6.98. The molecule has 1 nitrogen and oxygen atoms in total. The molecule has 0 spiro atoms. The van der Waals surface area contributed by atoms with E-state index < -0.39 is 0 Å². The van der Waals surface area contributed by atoms with Crippen LogP contribution in [0.4, 0.5) is 0 Å². The van der Waals surface area contributed by atoms with E-state index in [1.165, 1.54) is 0 Å². The molecule has 0 unspecified atom stereocenters. The first kappa shape index (κ1) is 9.58. The predicted octanol–water partition coefficient (Wildman–Crippen LogP) is 2.28. The van der Waals surface area contributed by atoms with Crippen LogP contribution in [-0.4, -0.2) is 7.11 Å². The van der Waals surface area contributed by atoms with Gasteiger partial charge in [0.25, 0.3) is 0 Å². The van der Waals surface area contributed by atoms with Crippen molar-refractivity contribution >= 4 is 0 Å². The maximum Gasteiger partial charge on any atom is 0.119 e. The van der Waals surface area contributed by atoms with E-state index in [0.29, 0.717) is 5.76 Å². The fraction of sp³-hybridized carbons (Fsp3) is 0.200. The molecule has 0 aliphatic rings. The summed E-state index contributed by atoms with van der Waals surface area (Å²) in [6.07, 6.45) is 3.35. The Balaban J connectivity index is 4.34. The van der Waals surface area contributed by atoms with Gasteiger partial charge in [-0.2, -0.15) is 0 Å². The molecule has 0 saturated carbocycles. The summed E-state index contributed by atoms with van der Waals surface area (Å²) in [5.41, 5.74) is 0.726. The molecule has 58 valence electrons. The number of allylic oxidation sites excluding steroid dienone is 3. The summed E-state index contributed by atoms with van der Waals surface area (Å²) in [7, 11) is 1.58. The van der Waals surface area contributed by atoms with E-state index in [-0.39, 0.29) is 0 Å². The second-order valence-corrected chi connectivity index (χ2v) is 1.86. The van der Waals surface area contributed by atoms with Gasteiger partial charge in [0, 0.05) is 5.57 Å². The number of ether oxygens (including phenoxy) is 1. The molecular formula is C10H12O. The first-order valence-electron chi connectivity index (χ1n) is 3.24. The molecule has 0 aromatic heterocycles. The van der Waals surface area contributed by atoms with Gasteiger partial charge in [0.1, 0.15) is 5.76 Å². The third-order valence-corrected chi connectivity index (χ3v) is 1.04. The van der Waals surface area contributed by atoms with Gasteiger partial charge in [-0.15, -0.1) is 5.92 Å². The largest absolute Gasteiger partial charge is 0.497 e. The van der Waals surface area contributed by atoms with Gasteiger partial charge >= 0.3 is 0 Å². The highest BCUT2D eigenvalue weighted by atomic mass is 16.5. The lowest BCUT2D eigenvalue weighted by Crippen LogP contribution is -1.81. The van der Waals surface area contributed by atoms with E-state index in [1.807, 2.05) is 0 Å². The molecule has 0 aromatic carbocycles. The van der Waals surface area contributed by atoms with Crippen molar-refractivity contribution in [1.29, 1.82) is 0 Å². The molecule has 0 heterocycles. The van der Waals surface area contributed by atoms with Crippen molar-refractivity contribution in [1.82, 2.24) is 0 Å². The summed E-state index contributed by atoms with van der Waals surface area (Å²) in [5, 5.41) is 0. The van der Waals surface area contributed by atoms with Gasteiger partial charge in [-0.25, -0.2) is 0 Å². The third kappa shape index (κ3) is 4.05. The lowest BCUT2D eigenvalue weighted by Gasteiger charge is -1.97. The SMILES string of the molecule is C=C/C(=C\C(=C)C#CC)OC. The molecule has 0 aliphatic carbocycles. The molecule has 0 bridgehead atoms. The normalized spacial score (nSPS) is 9.45. The summed E-state index contributed by atoms with van der Waals surface area (Å²) in [5.74, 6) is 6.21. The first-order valence-corrected chi connectivity index (χ1v) is 3.24. The molecule has 0 saturated heterocycles. The Morgan fingerprint density at radius 1 is 1.55 bits per heavy atom. The van der Waals surface area contributed by atoms with Gasteiger partial charge in [-0.05, 0) is 19.1 Å². The van der Waals surface area contributed by atoms with Gasteiger partial charge in [0.2, 0.25) is 0 Å². The van der Waals surface area contributed by atoms with Crippen LogP contribution in [0.1, 0.15) is 6.92 Å². The van der Waals surface area contributed by atoms with Crippen molar-refractivity contribution < 1.29 is 4.74 Å². The van der Waals surface area contributed by atoms with Gasteiger partial charge in [0.15, 0.2) is 0 Å². The summed E-state index contributed by atoms with van der Waals surface area (Å²) in [6.45, 7) is 9.03. The molecule has 0 fully saturated rings. The molecule has 0 atom stereocenters. The molecule has 11 heavy (non-hydrogen) atoms. The fourth-order valence-electron chi connectivity index (χ4n) is 0.570. The quantitative estimate of drug-likeness (QED) is 0.339. The second-order valence-electron chi connectivity index (χ2n) is 1.86. The second kappa shape index (κ2) is 5.37. The minimum Gasteiger partial charge on any atom is -0.497 e. The Kier molecular flexibility index (Phi) is 4.68. The lowest BCUT2D eigenvalue weighted by atomic mass is 10.2. The maximum atomic E-state index is 4.93. The van der Waals surface area contributed by atoms with Crippen LogP contribution in [0.2, 0.25) is 0 Å². The van der Waals surface area contributed by atoms with Crippen molar-refractivity contribution in [2.45, 2.75) is 6.92 Å². The summed E-state index contributed by atoms with van der Waals surface area (Å²) >= 11 is 0. The van der Waals surface area contributed by atoms with Crippen LogP contribution in [0.25, 0.3) is 0 Å². The third-order valence-electron chi connectivity index (χ3n) is 1.04. The zero-order chi connectivity index (χ0) is 8.69. The summed E-state index contributed by atoms with van der Waals surface area (Å²) in [6, 6.07) is 0. The molecule has 0 aromatic rings. The zero-order valence-electron chi connectivity index (χ0n) is 6.98. The molecule has 0 amide bonds. The highest BCUT2D eigenvalue weighted by Gasteiger charge is 1.87. The van der Waals surface area contributed by atoms with Gasteiger partial charge in [-0.3, -0.25) is 0 Å². The highest BCUT2D eigenvalue weighted by Crippen LogP contribution is 2.00. The van der Waals surface area contributed by atoms with Crippen LogP contribution < -0.4 is 0 Å². The van der Waals surface area contributed by atoms with Crippen LogP contribution in [0.3, 0.4) is 0 Å². The Hall–Kier alpha value is -1.42. The number of hydrogen-bond donors (Lipinski definition) is 0. The van der Waals surface area contributed by atoms with Crippen LogP contribution in [0, 0.1) is 11.8 Å². The first-order chi connectivity index (χ1) is 5.24. The minimum absolute atomic E-state index is 0.678. The molecule has 0 radical (unpaired) electrons. The average Bonchev–Trinajstić information content (AvgIpc) is 2.01. The summed E-state index contributed by atoms with van der Waals surface area (Å²) < 4.78 is 4.93. The molecule has 0 aliphatic heterocycles. The molecule has 0 rings (SSSR count). The minimum atomic E-state index is 0.678. The molecular weight excluding hydrogens is 136 g/mol. The number of rotatable bonds is 3. The smallest absolute Gasteiger partial charge is 0.119 e. The van der Waals surface area contributed by atoms with Crippen LogP contribution in [0.15, 0.2) is 36.6 Å². The van der Waals surface area contributed by atoms with E-state index >= 15 is 0 Å². The topological polar surface area (TPSA) is 9.23 Å². The Morgan fingerprint density at radius 3 is 2.55 bits per heavy atom. The van der Waals surface area contributed by atoms with Crippen molar-refractivity contribution in [3.8, 4) is 11.8 Å². The van der Waals surface area contributed by atoms with E-state index in [2.05, 4.69) is 25.0 Å². The molecule has 1 heteroatoms. The Bertz CT molecular complexity index is 235. The fourth-order valence-corrected chi connectivity index (χ4v) is 0.570. The van der Waals surface area contributed by atoms with E-state index in [4.69, 9.17) is 4.74 Å². The average molecular weight is 148 g/mol. The van der Waals surface area contributed by atoms with Gasteiger partial charge < -0.3 is 4.74 Å². The van der Waals surface area contributed by atoms with Crippen LogP contribution in [0.5, 0.6) is 0 Å².